The van der Waals surface area contributed by atoms with Gasteiger partial charge < -0.3 is 15.2 Å². The summed E-state index contributed by atoms with van der Waals surface area (Å²) in [6, 6.07) is 5.64. The van der Waals surface area contributed by atoms with Crippen LogP contribution < -0.4 is 10.1 Å². The van der Waals surface area contributed by atoms with E-state index < -0.39 is 5.60 Å². The average Bonchev–Trinajstić information content (AvgIpc) is 2.47. The standard InChI is InChI=1S/C15H22FNO3/c1-3-15(19,4-2)11-17-14(18)9-10-20-13-7-5-12(16)6-8-13/h5-8,19H,3-4,9-11H2,1-2H3,(H,17,18). The van der Waals surface area contributed by atoms with Gasteiger partial charge in [0, 0.05) is 6.54 Å². The zero-order valence-corrected chi connectivity index (χ0v) is 12.0. The third-order valence-electron chi connectivity index (χ3n) is 3.34. The van der Waals surface area contributed by atoms with Crippen molar-refractivity contribution in [3.63, 3.8) is 0 Å². The normalized spacial score (nSPS) is 11.2. The third kappa shape index (κ3) is 5.57. The molecule has 0 saturated heterocycles. The van der Waals surface area contributed by atoms with Crippen LogP contribution in [-0.4, -0.2) is 29.8 Å². The van der Waals surface area contributed by atoms with Crippen LogP contribution in [0.15, 0.2) is 24.3 Å². The van der Waals surface area contributed by atoms with Crippen molar-refractivity contribution in [3.05, 3.63) is 30.1 Å². The molecular formula is C15H22FNO3. The second-order valence-corrected chi connectivity index (χ2v) is 4.76. The van der Waals surface area contributed by atoms with Crippen LogP contribution in [-0.2, 0) is 4.79 Å². The van der Waals surface area contributed by atoms with Crippen molar-refractivity contribution in [2.24, 2.45) is 0 Å². The number of benzene rings is 1. The van der Waals surface area contributed by atoms with Crippen LogP contribution >= 0.6 is 0 Å². The molecule has 0 aliphatic carbocycles. The minimum Gasteiger partial charge on any atom is -0.493 e. The predicted octanol–water partition coefficient (Wildman–Crippen LogP) is 2.26. The van der Waals surface area contributed by atoms with Crippen LogP contribution in [0.3, 0.4) is 0 Å². The number of nitrogens with one attached hydrogen (secondary N) is 1. The van der Waals surface area contributed by atoms with Gasteiger partial charge in [0.25, 0.3) is 0 Å². The zero-order chi connectivity index (χ0) is 15.0. The van der Waals surface area contributed by atoms with Gasteiger partial charge in [0.2, 0.25) is 5.91 Å². The first kappa shape index (κ1) is 16.4. The van der Waals surface area contributed by atoms with E-state index in [4.69, 9.17) is 4.74 Å². The first-order valence-electron chi connectivity index (χ1n) is 6.86. The molecule has 0 saturated carbocycles. The number of hydrogen-bond acceptors (Lipinski definition) is 3. The van der Waals surface area contributed by atoms with Crippen molar-refractivity contribution < 1.29 is 19.0 Å². The fraction of sp³-hybridized carbons (Fsp3) is 0.533. The topological polar surface area (TPSA) is 58.6 Å². The number of aliphatic hydroxyl groups is 1. The number of carbonyl (C=O) groups excluding carboxylic acids is 1. The van der Waals surface area contributed by atoms with E-state index in [-0.39, 0.29) is 31.3 Å². The Kier molecular flexibility index (Phi) is 6.45. The highest BCUT2D eigenvalue weighted by Crippen LogP contribution is 2.13. The molecule has 1 aromatic rings. The molecule has 0 fully saturated rings. The molecule has 0 spiro atoms. The lowest BCUT2D eigenvalue weighted by Gasteiger charge is -2.25. The molecule has 20 heavy (non-hydrogen) atoms. The van der Waals surface area contributed by atoms with E-state index in [0.29, 0.717) is 18.6 Å². The van der Waals surface area contributed by atoms with Gasteiger partial charge in [0.15, 0.2) is 0 Å². The van der Waals surface area contributed by atoms with E-state index in [0.717, 1.165) is 0 Å². The van der Waals surface area contributed by atoms with Gasteiger partial charge in [0.1, 0.15) is 11.6 Å². The van der Waals surface area contributed by atoms with Crippen LogP contribution in [0.25, 0.3) is 0 Å². The predicted molar refractivity (Wildman–Crippen MR) is 75.1 cm³/mol. The fourth-order valence-electron chi connectivity index (χ4n) is 1.64. The number of amides is 1. The minimum absolute atomic E-state index is 0.174. The Hall–Kier alpha value is -1.62. The largest absolute Gasteiger partial charge is 0.493 e. The van der Waals surface area contributed by atoms with Gasteiger partial charge in [-0.1, -0.05) is 13.8 Å². The Balaban J connectivity index is 2.25. The van der Waals surface area contributed by atoms with Crippen molar-refractivity contribution >= 4 is 5.91 Å². The summed E-state index contributed by atoms with van der Waals surface area (Å²) in [6.07, 6.45) is 1.38. The van der Waals surface area contributed by atoms with Crippen molar-refractivity contribution in [2.75, 3.05) is 13.2 Å². The summed E-state index contributed by atoms with van der Waals surface area (Å²) >= 11 is 0. The highest BCUT2D eigenvalue weighted by Gasteiger charge is 2.22. The highest BCUT2D eigenvalue weighted by molar-refractivity contribution is 5.76. The van der Waals surface area contributed by atoms with Crippen LogP contribution in [0.2, 0.25) is 0 Å². The van der Waals surface area contributed by atoms with E-state index in [9.17, 15) is 14.3 Å². The van der Waals surface area contributed by atoms with Crippen molar-refractivity contribution in [3.8, 4) is 5.75 Å². The third-order valence-corrected chi connectivity index (χ3v) is 3.34. The van der Waals surface area contributed by atoms with Gasteiger partial charge in [-0.3, -0.25) is 4.79 Å². The monoisotopic (exact) mass is 283 g/mol. The summed E-state index contributed by atoms with van der Waals surface area (Å²) in [5.74, 6) is 0.0266. The van der Waals surface area contributed by atoms with Gasteiger partial charge in [0.05, 0.1) is 18.6 Å². The SMILES string of the molecule is CCC(O)(CC)CNC(=O)CCOc1ccc(F)cc1. The molecule has 0 radical (unpaired) electrons. The van der Waals surface area contributed by atoms with Gasteiger partial charge in [-0.25, -0.2) is 4.39 Å². The Morgan fingerprint density at radius 2 is 1.90 bits per heavy atom. The molecule has 1 aromatic carbocycles. The zero-order valence-electron chi connectivity index (χ0n) is 12.0. The van der Waals surface area contributed by atoms with Gasteiger partial charge in [-0.15, -0.1) is 0 Å². The highest BCUT2D eigenvalue weighted by atomic mass is 19.1. The first-order valence-corrected chi connectivity index (χ1v) is 6.86. The van der Waals surface area contributed by atoms with Crippen molar-refractivity contribution in [1.82, 2.24) is 5.32 Å². The molecule has 0 bridgehead atoms. The maximum atomic E-state index is 12.7. The summed E-state index contributed by atoms with van der Waals surface area (Å²) in [7, 11) is 0. The maximum absolute atomic E-state index is 12.7. The van der Waals surface area contributed by atoms with E-state index in [1.807, 2.05) is 13.8 Å². The Bertz CT molecular complexity index is 416. The number of carbonyl (C=O) groups is 1. The molecule has 0 heterocycles. The Morgan fingerprint density at radius 3 is 2.45 bits per heavy atom. The summed E-state index contributed by atoms with van der Waals surface area (Å²) in [5, 5.41) is 12.7. The molecule has 0 aromatic heterocycles. The van der Waals surface area contributed by atoms with Crippen LogP contribution in [0.4, 0.5) is 4.39 Å². The number of hydrogen-bond donors (Lipinski definition) is 2. The fourth-order valence-corrected chi connectivity index (χ4v) is 1.64. The van der Waals surface area contributed by atoms with Gasteiger partial charge in [-0.2, -0.15) is 0 Å². The van der Waals surface area contributed by atoms with Gasteiger partial charge in [-0.05, 0) is 37.1 Å². The molecule has 2 N–H and O–H groups in total. The summed E-state index contributed by atoms with van der Waals surface area (Å²) < 4.78 is 18.0. The molecule has 0 unspecified atom stereocenters. The van der Waals surface area contributed by atoms with Crippen LogP contribution in [0, 0.1) is 5.82 Å². The second-order valence-electron chi connectivity index (χ2n) is 4.76. The lowest BCUT2D eigenvalue weighted by Crippen LogP contribution is -2.42. The molecular weight excluding hydrogens is 261 g/mol. The van der Waals surface area contributed by atoms with Gasteiger partial charge >= 0.3 is 0 Å². The molecule has 1 amide bonds. The van der Waals surface area contributed by atoms with Crippen molar-refractivity contribution in [1.29, 1.82) is 0 Å². The van der Waals surface area contributed by atoms with Crippen molar-refractivity contribution in [2.45, 2.75) is 38.7 Å². The quantitative estimate of drug-likeness (QED) is 0.769. The number of halogens is 1. The average molecular weight is 283 g/mol. The molecule has 5 heteroatoms. The van der Waals surface area contributed by atoms with E-state index in [1.165, 1.54) is 24.3 Å². The van der Waals surface area contributed by atoms with E-state index in [1.54, 1.807) is 0 Å². The molecule has 112 valence electrons. The minimum atomic E-state index is -0.840. The molecule has 0 aliphatic heterocycles. The van der Waals surface area contributed by atoms with E-state index >= 15 is 0 Å². The summed E-state index contributed by atoms with van der Waals surface area (Å²) in [4.78, 5) is 11.6. The lowest BCUT2D eigenvalue weighted by atomic mass is 9.97. The van der Waals surface area contributed by atoms with E-state index in [2.05, 4.69) is 5.32 Å². The Morgan fingerprint density at radius 1 is 1.30 bits per heavy atom. The molecule has 0 atom stereocenters. The number of rotatable bonds is 8. The summed E-state index contributed by atoms with van der Waals surface area (Å²) in [6.45, 7) is 4.23. The molecule has 1 rings (SSSR count). The lowest BCUT2D eigenvalue weighted by molar-refractivity contribution is -0.122. The van der Waals surface area contributed by atoms with Crippen LogP contribution in [0.5, 0.6) is 5.75 Å². The molecule has 4 nitrogen and oxygen atoms in total. The second kappa shape index (κ2) is 7.85. The molecule has 0 aliphatic rings. The Labute approximate surface area is 119 Å². The van der Waals surface area contributed by atoms with Crippen LogP contribution in [0.1, 0.15) is 33.1 Å². The summed E-state index contributed by atoms with van der Waals surface area (Å²) in [5.41, 5.74) is -0.840. The number of ether oxygens (including phenoxy) is 1. The first-order chi connectivity index (χ1) is 9.49. The maximum Gasteiger partial charge on any atom is 0.223 e. The smallest absolute Gasteiger partial charge is 0.223 e.